The lowest BCUT2D eigenvalue weighted by Crippen LogP contribution is -2.52. The molecule has 1 aliphatic rings. The summed E-state index contributed by atoms with van der Waals surface area (Å²) in [6.45, 7) is 14.6. The van der Waals surface area contributed by atoms with Crippen LogP contribution < -0.4 is 5.32 Å². The number of rotatable bonds is 11. The number of hydrogen-bond acceptors (Lipinski definition) is 5. The number of nitrogens with zero attached hydrogens (tertiary/aromatic N) is 3. The Labute approximate surface area is 152 Å². The van der Waals surface area contributed by atoms with Crippen molar-refractivity contribution >= 4 is 11.8 Å². The zero-order chi connectivity index (χ0) is 18.7. The summed E-state index contributed by atoms with van der Waals surface area (Å²) in [5.41, 5.74) is 0.997. The Balaban J connectivity index is 2.25. The van der Waals surface area contributed by atoms with Crippen molar-refractivity contribution in [1.29, 1.82) is 0 Å². The quantitative estimate of drug-likeness (QED) is 0.424. The van der Waals surface area contributed by atoms with Crippen molar-refractivity contribution < 1.29 is 14.3 Å². The summed E-state index contributed by atoms with van der Waals surface area (Å²) in [5, 5.41) is 2.91. The maximum absolute atomic E-state index is 12.4. The van der Waals surface area contributed by atoms with E-state index < -0.39 is 0 Å². The van der Waals surface area contributed by atoms with Gasteiger partial charge in [0.25, 0.3) is 0 Å². The Morgan fingerprint density at radius 2 is 1.76 bits per heavy atom. The van der Waals surface area contributed by atoms with Crippen molar-refractivity contribution in [2.24, 2.45) is 0 Å². The molecular weight excluding hydrogens is 320 g/mol. The predicted octanol–water partition coefficient (Wildman–Crippen LogP) is 0.181. The van der Waals surface area contributed by atoms with Gasteiger partial charge in [-0.25, -0.2) is 0 Å². The molecule has 1 aliphatic heterocycles. The second-order valence-electron chi connectivity index (χ2n) is 6.61. The van der Waals surface area contributed by atoms with Crippen LogP contribution in [-0.4, -0.2) is 99.1 Å². The molecule has 1 N–H and O–H groups in total. The zero-order valence-electron chi connectivity index (χ0n) is 16.1. The zero-order valence-corrected chi connectivity index (χ0v) is 16.1. The first-order valence-corrected chi connectivity index (χ1v) is 9.08. The molecule has 0 aliphatic carbocycles. The van der Waals surface area contributed by atoms with E-state index in [1.54, 1.807) is 7.11 Å². The average molecular weight is 354 g/mol. The molecule has 25 heavy (non-hydrogen) atoms. The van der Waals surface area contributed by atoms with E-state index in [9.17, 15) is 9.59 Å². The maximum atomic E-state index is 12.4. The van der Waals surface area contributed by atoms with Gasteiger partial charge in [-0.15, -0.1) is 0 Å². The molecule has 2 amide bonds. The van der Waals surface area contributed by atoms with Gasteiger partial charge in [0, 0.05) is 59.5 Å². The molecule has 144 valence electrons. The molecule has 0 aromatic carbocycles. The average Bonchev–Trinajstić information content (AvgIpc) is 2.58. The highest BCUT2D eigenvalue weighted by atomic mass is 16.5. The molecule has 0 atom stereocenters. The van der Waals surface area contributed by atoms with Crippen LogP contribution in [0.1, 0.15) is 20.3 Å². The topological polar surface area (TPSA) is 65.1 Å². The van der Waals surface area contributed by atoms with E-state index >= 15 is 0 Å². The van der Waals surface area contributed by atoms with Crippen LogP contribution in [0.3, 0.4) is 0 Å². The van der Waals surface area contributed by atoms with Crippen LogP contribution in [0.4, 0.5) is 0 Å². The molecule has 7 heteroatoms. The number of likely N-dealkylation sites (N-methyl/N-ethyl adjacent to an activating group) is 1. The second kappa shape index (κ2) is 12.0. The van der Waals surface area contributed by atoms with E-state index in [1.807, 2.05) is 18.7 Å². The summed E-state index contributed by atoms with van der Waals surface area (Å²) in [5.74, 6) is 0.203. The number of ether oxygens (including phenoxy) is 1. The third kappa shape index (κ3) is 9.00. The molecule has 1 saturated heterocycles. The van der Waals surface area contributed by atoms with Crippen molar-refractivity contribution in [3.63, 3.8) is 0 Å². The van der Waals surface area contributed by atoms with E-state index in [-0.39, 0.29) is 11.8 Å². The summed E-state index contributed by atoms with van der Waals surface area (Å²) < 4.78 is 4.96. The normalized spacial score (nSPS) is 15.8. The van der Waals surface area contributed by atoms with E-state index in [2.05, 4.69) is 21.7 Å². The highest BCUT2D eigenvalue weighted by molar-refractivity contribution is 5.79. The van der Waals surface area contributed by atoms with Crippen molar-refractivity contribution in [2.75, 3.05) is 72.6 Å². The third-order valence-corrected chi connectivity index (χ3v) is 4.23. The molecule has 1 fully saturated rings. The van der Waals surface area contributed by atoms with Gasteiger partial charge in [-0.05, 0) is 20.3 Å². The molecule has 0 aromatic rings. The standard InChI is InChI=1S/C18H34N4O3/c1-5-22(13-16(2)3)18(24)15-21-10-8-20(9-11-21)14-17(23)19-7-6-12-25-4/h2,5-15H2,1,3-4H3,(H,19,23). The van der Waals surface area contributed by atoms with Crippen LogP contribution in [0.15, 0.2) is 12.2 Å². The van der Waals surface area contributed by atoms with Gasteiger partial charge in [-0.1, -0.05) is 12.2 Å². The van der Waals surface area contributed by atoms with E-state index in [0.717, 1.165) is 38.2 Å². The highest BCUT2D eigenvalue weighted by Crippen LogP contribution is 2.04. The van der Waals surface area contributed by atoms with Gasteiger partial charge in [0.1, 0.15) is 0 Å². The summed E-state index contributed by atoms with van der Waals surface area (Å²) in [6, 6.07) is 0. The first-order valence-electron chi connectivity index (χ1n) is 9.08. The molecule has 1 heterocycles. The minimum atomic E-state index is 0.0549. The van der Waals surface area contributed by atoms with Gasteiger partial charge in [0.15, 0.2) is 0 Å². The number of methoxy groups -OCH3 is 1. The van der Waals surface area contributed by atoms with Crippen LogP contribution in [0.25, 0.3) is 0 Å². The molecule has 0 radical (unpaired) electrons. The predicted molar refractivity (Wildman–Crippen MR) is 99.5 cm³/mol. The monoisotopic (exact) mass is 354 g/mol. The molecule has 0 saturated carbocycles. The minimum Gasteiger partial charge on any atom is -0.385 e. The fraction of sp³-hybridized carbons (Fsp3) is 0.778. The maximum Gasteiger partial charge on any atom is 0.237 e. The largest absolute Gasteiger partial charge is 0.385 e. The molecule has 7 nitrogen and oxygen atoms in total. The van der Waals surface area contributed by atoms with Crippen molar-refractivity contribution in [1.82, 2.24) is 20.0 Å². The molecule has 0 unspecified atom stereocenters. The Hall–Kier alpha value is -1.44. The van der Waals surface area contributed by atoms with E-state index in [4.69, 9.17) is 4.74 Å². The van der Waals surface area contributed by atoms with Crippen LogP contribution in [0, 0.1) is 0 Å². The van der Waals surface area contributed by atoms with Crippen LogP contribution >= 0.6 is 0 Å². The number of piperazine rings is 1. The Morgan fingerprint density at radius 3 is 2.28 bits per heavy atom. The first kappa shape index (κ1) is 21.6. The number of hydrogen-bond donors (Lipinski definition) is 1. The summed E-state index contributed by atoms with van der Waals surface area (Å²) in [6.07, 6.45) is 0.830. The van der Waals surface area contributed by atoms with Crippen molar-refractivity contribution in [2.45, 2.75) is 20.3 Å². The smallest absolute Gasteiger partial charge is 0.237 e. The summed E-state index contributed by atoms with van der Waals surface area (Å²) >= 11 is 0. The van der Waals surface area contributed by atoms with Crippen LogP contribution in [0.2, 0.25) is 0 Å². The lowest BCUT2D eigenvalue weighted by Gasteiger charge is -2.35. The molecule has 0 bridgehead atoms. The number of carbonyl (C=O) groups is 2. The van der Waals surface area contributed by atoms with Gasteiger partial charge in [0.2, 0.25) is 11.8 Å². The Morgan fingerprint density at radius 1 is 1.16 bits per heavy atom. The van der Waals surface area contributed by atoms with Gasteiger partial charge < -0.3 is 15.0 Å². The second-order valence-corrected chi connectivity index (χ2v) is 6.61. The summed E-state index contributed by atoms with van der Waals surface area (Å²) in [7, 11) is 1.66. The fourth-order valence-corrected chi connectivity index (χ4v) is 2.80. The molecular formula is C18H34N4O3. The highest BCUT2D eigenvalue weighted by Gasteiger charge is 2.22. The molecule has 0 spiro atoms. The van der Waals surface area contributed by atoms with Gasteiger partial charge in [-0.2, -0.15) is 0 Å². The SMILES string of the molecule is C=C(C)CN(CC)C(=O)CN1CCN(CC(=O)NCCCOC)CC1. The Bertz CT molecular complexity index is 434. The third-order valence-electron chi connectivity index (χ3n) is 4.23. The minimum absolute atomic E-state index is 0.0549. The first-order chi connectivity index (χ1) is 12.0. The Kier molecular flexibility index (Phi) is 10.4. The van der Waals surface area contributed by atoms with Gasteiger partial charge in [0.05, 0.1) is 13.1 Å². The van der Waals surface area contributed by atoms with Crippen molar-refractivity contribution in [3.05, 3.63) is 12.2 Å². The van der Waals surface area contributed by atoms with Gasteiger partial charge >= 0.3 is 0 Å². The van der Waals surface area contributed by atoms with Crippen LogP contribution in [0.5, 0.6) is 0 Å². The van der Waals surface area contributed by atoms with Gasteiger partial charge in [-0.3, -0.25) is 19.4 Å². The van der Waals surface area contributed by atoms with Crippen molar-refractivity contribution in [3.8, 4) is 0 Å². The number of carbonyl (C=O) groups excluding carboxylic acids is 2. The lowest BCUT2D eigenvalue weighted by atomic mass is 10.2. The summed E-state index contributed by atoms with van der Waals surface area (Å²) in [4.78, 5) is 30.4. The van der Waals surface area contributed by atoms with E-state index in [1.165, 1.54) is 0 Å². The molecule has 1 rings (SSSR count). The molecule has 0 aromatic heterocycles. The van der Waals surface area contributed by atoms with E-state index in [0.29, 0.717) is 39.3 Å². The number of amides is 2. The lowest BCUT2D eigenvalue weighted by molar-refractivity contribution is -0.132. The fourth-order valence-electron chi connectivity index (χ4n) is 2.80. The van der Waals surface area contributed by atoms with Crippen LogP contribution in [-0.2, 0) is 14.3 Å². The number of nitrogens with one attached hydrogen (secondary N) is 1.